The molecule has 0 aliphatic rings. The zero-order chi connectivity index (χ0) is 13.7. The number of para-hydroxylation sites is 1. The van der Waals surface area contributed by atoms with Gasteiger partial charge in [-0.25, -0.2) is 0 Å². The fourth-order valence-corrected chi connectivity index (χ4v) is 2.14. The molecule has 0 fully saturated rings. The molecule has 0 spiro atoms. The number of rotatable bonds is 5. The fraction of sp³-hybridized carbons (Fsp3) is 0.294. The van der Waals surface area contributed by atoms with Gasteiger partial charge in [0.25, 0.3) is 0 Å². The predicted molar refractivity (Wildman–Crippen MR) is 82.5 cm³/mol. The average molecular weight is 254 g/mol. The molecule has 0 aromatic heterocycles. The zero-order valence-corrected chi connectivity index (χ0v) is 11.7. The Bertz CT molecular complexity index is 490. The van der Waals surface area contributed by atoms with Crippen LogP contribution in [0.2, 0.25) is 0 Å². The Morgan fingerprint density at radius 3 is 2.21 bits per heavy atom. The molecule has 1 atom stereocenters. The molecule has 2 rings (SSSR count). The molecule has 2 nitrogen and oxygen atoms in total. The van der Waals surface area contributed by atoms with Crippen molar-refractivity contribution >= 4 is 5.69 Å². The summed E-state index contributed by atoms with van der Waals surface area (Å²) in [6.07, 6.45) is 0. The molecule has 100 valence electrons. The van der Waals surface area contributed by atoms with Crippen molar-refractivity contribution in [3.63, 3.8) is 0 Å². The van der Waals surface area contributed by atoms with E-state index < -0.39 is 0 Å². The van der Waals surface area contributed by atoms with Crippen LogP contribution in [-0.2, 0) is 6.54 Å². The van der Waals surface area contributed by atoms with Crippen molar-refractivity contribution in [2.24, 2.45) is 5.73 Å². The van der Waals surface area contributed by atoms with E-state index in [2.05, 4.69) is 67.4 Å². The van der Waals surface area contributed by atoms with Gasteiger partial charge in [-0.05, 0) is 35.7 Å². The first-order chi connectivity index (χ1) is 9.20. The Hall–Kier alpha value is -1.80. The van der Waals surface area contributed by atoms with Crippen LogP contribution < -0.4 is 10.6 Å². The number of nitrogens with two attached hydrogens (primary N) is 1. The highest BCUT2D eigenvalue weighted by Crippen LogP contribution is 2.17. The molecule has 0 saturated heterocycles. The molecule has 2 N–H and O–H groups in total. The summed E-state index contributed by atoms with van der Waals surface area (Å²) in [6, 6.07) is 19.2. The summed E-state index contributed by atoms with van der Waals surface area (Å²) in [6.45, 7) is 3.77. The lowest BCUT2D eigenvalue weighted by molar-refractivity contribution is 0.773. The van der Waals surface area contributed by atoms with Crippen molar-refractivity contribution in [1.29, 1.82) is 0 Å². The average Bonchev–Trinajstić information content (AvgIpc) is 2.48. The first-order valence-electron chi connectivity index (χ1n) is 6.76. The highest BCUT2D eigenvalue weighted by Gasteiger charge is 2.04. The lowest BCUT2D eigenvalue weighted by atomic mass is 10.00. The third-order valence-corrected chi connectivity index (χ3v) is 3.52. The van der Waals surface area contributed by atoms with Crippen LogP contribution in [0.1, 0.15) is 24.0 Å². The van der Waals surface area contributed by atoms with Crippen LogP contribution in [0.5, 0.6) is 0 Å². The maximum absolute atomic E-state index is 5.69. The van der Waals surface area contributed by atoms with E-state index in [0.29, 0.717) is 12.5 Å². The maximum atomic E-state index is 5.69. The van der Waals surface area contributed by atoms with E-state index in [1.165, 1.54) is 16.8 Å². The molecule has 0 aliphatic carbocycles. The first kappa shape index (κ1) is 13.6. The summed E-state index contributed by atoms with van der Waals surface area (Å²) in [5, 5.41) is 0. The fourth-order valence-electron chi connectivity index (χ4n) is 2.14. The van der Waals surface area contributed by atoms with Crippen LogP contribution >= 0.6 is 0 Å². The third-order valence-electron chi connectivity index (χ3n) is 3.52. The maximum Gasteiger partial charge on any atom is 0.0426 e. The molecule has 0 bridgehead atoms. The number of hydrogen-bond acceptors (Lipinski definition) is 2. The Morgan fingerprint density at radius 2 is 1.63 bits per heavy atom. The SMILES string of the molecule is CC(CN)c1ccc(CN(C)c2ccccc2)cc1. The molecule has 0 amide bonds. The predicted octanol–water partition coefficient (Wildman–Crippen LogP) is 3.39. The second kappa shape index (κ2) is 6.39. The second-order valence-corrected chi connectivity index (χ2v) is 5.07. The van der Waals surface area contributed by atoms with Crippen molar-refractivity contribution in [2.75, 3.05) is 18.5 Å². The highest BCUT2D eigenvalue weighted by molar-refractivity contribution is 5.45. The molecule has 1 unspecified atom stereocenters. The Kier molecular flexibility index (Phi) is 4.58. The van der Waals surface area contributed by atoms with Crippen LogP contribution in [0.25, 0.3) is 0 Å². The first-order valence-corrected chi connectivity index (χ1v) is 6.76. The molecule has 0 heterocycles. The quantitative estimate of drug-likeness (QED) is 0.886. The van der Waals surface area contributed by atoms with Gasteiger partial charge in [0, 0.05) is 19.3 Å². The smallest absolute Gasteiger partial charge is 0.0426 e. The van der Waals surface area contributed by atoms with E-state index in [0.717, 1.165) is 6.54 Å². The van der Waals surface area contributed by atoms with Gasteiger partial charge >= 0.3 is 0 Å². The van der Waals surface area contributed by atoms with Gasteiger partial charge < -0.3 is 10.6 Å². The van der Waals surface area contributed by atoms with Crippen molar-refractivity contribution in [2.45, 2.75) is 19.4 Å². The van der Waals surface area contributed by atoms with Gasteiger partial charge in [-0.15, -0.1) is 0 Å². The van der Waals surface area contributed by atoms with Gasteiger partial charge in [0.1, 0.15) is 0 Å². The molecular formula is C17H22N2. The van der Waals surface area contributed by atoms with Crippen LogP contribution in [0.3, 0.4) is 0 Å². The second-order valence-electron chi connectivity index (χ2n) is 5.07. The largest absolute Gasteiger partial charge is 0.370 e. The third kappa shape index (κ3) is 3.58. The zero-order valence-electron chi connectivity index (χ0n) is 11.7. The standard InChI is InChI=1S/C17H22N2/c1-14(12-18)16-10-8-15(9-11-16)13-19(2)17-6-4-3-5-7-17/h3-11,14H,12-13,18H2,1-2H3. The van der Waals surface area contributed by atoms with Crippen LogP contribution in [0.4, 0.5) is 5.69 Å². The van der Waals surface area contributed by atoms with Gasteiger partial charge in [0.2, 0.25) is 0 Å². The lowest BCUT2D eigenvalue weighted by Crippen LogP contribution is -2.16. The van der Waals surface area contributed by atoms with E-state index in [-0.39, 0.29) is 0 Å². The minimum Gasteiger partial charge on any atom is -0.370 e. The van der Waals surface area contributed by atoms with E-state index in [1.807, 2.05) is 6.07 Å². The Morgan fingerprint density at radius 1 is 1.00 bits per heavy atom. The number of hydrogen-bond donors (Lipinski definition) is 1. The topological polar surface area (TPSA) is 29.3 Å². The Balaban J connectivity index is 2.04. The van der Waals surface area contributed by atoms with Crippen LogP contribution in [0.15, 0.2) is 54.6 Å². The summed E-state index contributed by atoms with van der Waals surface area (Å²) in [7, 11) is 2.12. The van der Waals surface area contributed by atoms with Gasteiger partial charge in [0.05, 0.1) is 0 Å². The van der Waals surface area contributed by atoms with Crippen molar-refractivity contribution < 1.29 is 0 Å². The number of benzene rings is 2. The van der Waals surface area contributed by atoms with Crippen LogP contribution in [0, 0.1) is 0 Å². The molecule has 0 radical (unpaired) electrons. The normalized spacial score (nSPS) is 12.2. The summed E-state index contributed by atoms with van der Waals surface area (Å²) in [5.41, 5.74) is 9.56. The van der Waals surface area contributed by atoms with Crippen molar-refractivity contribution in [3.8, 4) is 0 Å². The molecule has 2 aromatic carbocycles. The minimum absolute atomic E-state index is 0.431. The summed E-state index contributed by atoms with van der Waals surface area (Å²) < 4.78 is 0. The summed E-state index contributed by atoms with van der Waals surface area (Å²) in [4.78, 5) is 2.25. The van der Waals surface area contributed by atoms with E-state index in [1.54, 1.807) is 0 Å². The van der Waals surface area contributed by atoms with E-state index in [4.69, 9.17) is 5.73 Å². The summed E-state index contributed by atoms with van der Waals surface area (Å²) >= 11 is 0. The van der Waals surface area contributed by atoms with E-state index in [9.17, 15) is 0 Å². The number of nitrogens with zero attached hydrogens (tertiary/aromatic N) is 1. The Labute approximate surface area is 115 Å². The van der Waals surface area contributed by atoms with Crippen molar-refractivity contribution in [1.82, 2.24) is 0 Å². The van der Waals surface area contributed by atoms with E-state index >= 15 is 0 Å². The lowest BCUT2D eigenvalue weighted by Gasteiger charge is -2.19. The molecular weight excluding hydrogens is 232 g/mol. The van der Waals surface area contributed by atoms with Gasteiger partial charge in [-0.1, -0.05) is 49.4 Å². The van der Waals surface area contributed by atoms with Crippen LogP contribution in [-0.4, -0.2) is 13.6 Å². The van der Waals surface area contributed by atoms with Gasteiger partial charge in [-0.3, -0.25) is 0 Å². The monoisotopic (exact) mass is 254 g/mol. The van der Waals surface area contributed by atoms with Gasteiger partial charge in [0.15, 0.2) is 0 Å². The van der Waals surface area contributed by atoms with Crippen molar-refractivity contribution in [3.05, 3.63) is 65.7 Å². The molecule has 0 aliphatic heterocycles. The molecule has 19 heavy (non-hydrogen) atoms. The number of anilines is 1. The molecule has 0 saturated carbocycles. The minimum atomic E-state index is 0.431. The highest BCUT2D eigenvalue weighted by atomic mass is 15.1. The van der Waals surface area contributed by atoms with Gasteiger partial charge in [-0.2, -0.15) is 0 Å². The summed E-state index contributed by atoms with van der Waals surface area (Å²) in [5.74, 6) is 0.431. The molecule has 2 heteroatoms. The molecule has 2 aromatic rings.